The van der Waals surface area contributed by atoms with E-state index in [1.54, 1.807) is 0 Å². The third kappa shape index (κ3) is 3.48. The average molecular weight is 268 g/mol. The Bertz CT molecular complexity index is 293. The number of rotatable bonds is 4. The molecule has 1 aliphatic carbocycles. The van der Waals surface area contributed by atoms with Crippen LogP contribution >= 0.6 is 0 Å². The van der Waals surface area contributed by atoms with Gasteiger partial charge in [-0.15, -0.1) is 0 Å². The van der Waals surface area contributed by atoms with Crippen molar-refractivity contribution in [2.45, 2.75) is 63.5 Å². The molecular weight excluding hydrogens is 240 g/mol. The van der Waals surface area contributed by atoms with Crippen LogP contribution in [0.5, 0.6) is 0 Å². The summed E-state index contributed by atoms with van der Waals surface area (Å²) in [7, 11) is 1.51. The van der Waals surface area contributed by atoms with Crippen LogP contribution in [0.1, 0.15) is 51.9 Å². The maximum Gasteiger partial charge on any atom is 0.326 e. The van der Waals surface area contributed by atoms with Gasteiger partial charge in [0.05, 0.1) is 7.11 Å². The Morgan fingerprint density at radius 1 is 1.26 bits per heavy atom. The first-order valence-electron chi connectivity index (χ1n) is 7.78. The van der Waals surface area contributed by atoms with Gasteiger partial charge in [-0.1, -0.05) is 26.2 Å². The summed E-state index contributed by atoms with van der Waals surface area (Å²) in [6.07, 6.45) is 8.08. The Morgan fingerprint density at radius 2 is 1.89 bits per heavy atom. The van der Waals surface area contributed by atoms with Gasteiger partial charge in [0.25, 0.3) is 0 Å². The highest BCUT2D eigenvalue weighted by molar-refractivity contribution is 5.81. The molecule has 0 spiro atoms. The second kappa shape index (κ2) is 6.71. The molecule has 1 saturated heterocycles. The van der Waals surface area contributed by atoms with E-state index in [1.165, 1.54) is 39.2 Å². The zero-order valence-electron chi connectivity index (χ0n) is 12.4. The van der Waals surface area contributed by atoms with Gasteiger partial charge in [0.15, 0.2) is 0 Å². The van der Waals surface area contributed by atoms with Gasteiger partial charge < -0.3 is 9.64 Å². The van der Waals surface area contributed by atoms with Gasteiger partial charge in [0.1, 0.15) is 5.54 Å². The predicted molar refractivity (Wildman–Crippen MR) is 76.1 cm³/mol. The van der Waals surface area contributed by atoms with E-state index in [0.29, 0.717) is 6.04 Å². The largest absolute Gasteiger partial charge is 0.468 e. The Balaban J connectivity index is 2.00. The van der Waals surface area contributed by atoms with Crippen molar-refractivity contribution in [1.82, 2.24) is 10.2 Å². The summed E-state index contributed by atoms with van der Waals surface area (Å²) in [5.41, 5.74) is -0.428. The van der Waals surface area contributed by atoms with E-state index in [0.717, 1.165) is 32.5 Å². The fourth-order valence-electron chi connectivity index (χ4n) is 3.49. The van der Waals surface area contributed by atoms with E-state index in [9.17, 15) is 4.79 Å². The molecule has 1 N–H and O–H groups in total. The van der Waals surface area contributed by atoms with E-state index in [-0.39, 0.29) is 5.97 Å². The van der Waals surface area contributed by atoms with Crippen molar-refractivity contribution in [3.05, 3.63) is 0 Å². The number of likely N-dealkylation sites (tertiary alicyclic amines) is 1. The normalized spacial score (nSPS) is 25.2. The second-order valence-electron chi connectivity index (χ2n) is 5.99. The zero-order valence-corrected chi connectivity index (χ0v) is 12.4. The van der Waals surface area contributed by atoms with E-state index in [4.69, 9.17) is 4.74 Å². The van der Waals surface area contributed by atoms with E-state index >= 15 is 0 Å². The summed E-state index contributed by atoms with van der Waals surface area (Å²) >= 11 is 0. The Morgan fingerprint density at radius 3 is 2.42 bits per heavy atom. The van der Waals surface area contributed by atoms with Gasteiger partial charge in [0.2, 0.25) is 0 Å². The van der Waals surface area contributed by atoms with Gasteiger partial charge in [-0.05, 0) is 32.2 Å². The van der Waals surface area contributed by atoms with E-state index in [2.05, 4.69) is 17.1 Å². The minimum absolute atomic E-state index is 0.0613. The lowest BCUT2D eigenvalue weighted by Gasteiger charge is -2.42. The van der Waals surface area contributed by atoms with Crippen LogP contribution in [-0.2, 0) is 9.53 Å². The zero-order chi connectivity index (χ0) is 13.7. The Hall–Kier alpha value is -0.610. The Labute approximate surface area is 116 Å². The lowest BCUT2D eigenvalue weighted by Crippen LogP contribution is -2.61. The highest BCUT2D eigenvalue weighted by atomic mass is 16.5. The van der Waals surface area contributed by atoms with Crippen molar-refractivity contribution in [1.29, 1.82) is 0 Å². The maximum absolute atomic E-state index is 12.3. The third-order valence-corrected chi connectivity index (χ3v) is 4.82. The molecule has 1 heterocycles. The van der Waals surface area contributed by atoms with Crippen molar-refractivity contribution in [2.75, 3.05) is 26.7 Å². The smallest absolute Gasteiger partial charge is 0.326 e. The number of piperidine rings is 1. The number of hydrogen-bond donors (Lipinski definition) is 1. The van der Waals surface area contributed by atoms with Crippen molar-refractivity contribution in [2.24, 2.45) is 0 Å². The van der Waals surface area contributed by atoms with Gasteiger partial charge in [-0.3, -0.25) is 10.1 Å². The molecule has 0 atom stereocenters. The van der Waals surface area contributed by atoms with Gasteiger partial charge in [0, 0.05) is 19.1 Å². The number of carbonyl (C=O) groups is 1. The quantitative estimate of drug-likeness (QED) is 0.791. The summed E-state index contributed by atoms with van der Waals surface area (Å²) in [6, 6.07) is 0.501. The molecule has 2 aliphatic rings. The molecule has 19 heavy (non-hydrogen) atoms. The third-order valence-electron chi connectivity index (χ3n) is 4.82. The van der Waals surface area contributed by atoms with Gasteiger partial charge >= 0.3 is 5.97 Å². The molecule has 4 nitrogen and oxygen atoms in total. The van der Waals surface area contributed by atoms with Crippen molar-refractivity contribution in [3.8, 4) is 0 Å². The van der Waals surface area contributed by atoms with Crippen LogP contribution in [0.2, 0.25) is 0 Å². The fraction of sp³-hybridized carbons (Fsp3) is 0.933. The molecular formula is C15H28N2O2. The lowest BCUT2D eigenvalue weighted by molar-refractivity contribution is -0.151. The summed E-state index contributed by atoms with van der Waals surface area (Å²) in [5, 5.41) is 3.67. The second-order valence-corrected chi connectivity index (χ2v) is 5.99. The molecule has 2 fully saturated rings. The summed E-state index contributed by atoms with van der Waals surface area (Å²) < 4.78 is 5.08. The van der Waals surface area contributed by atoms with Crippen LogP contribution in [0, 0.1) is 0 Å². The first-order valence-corrected chi connectivity index (χ1v) is 7.78. The monoisotopic (exact) mass is 268 g/mol. The number of esters is 1. The summed E-state index contributed by atoms with van der Waals surface area (Å²) in [6.45, 7) is 5.23. The highest BCUT2D eigenvalue weighted by Gasteiger charge is 2.43. The van der Waals surface area contributed by atoms with Crippen LogP contribution in [0.25, 0.3) is 0 Å². The molecule has 1 saturated carbocycles. The molecule has 0 unspecified atom stereocenters. The van der Waals surface area contributed by atoms with Crippen molar-refractivity contribution < 1.29 is 9.53 Å². The standard InChI is InChI=1S/C15H28N2O2/c1-3-17-11-9-15(10-12-17,14(18)19-2)16-13-7-5-4-6-8-13/h13,16H,3-12H2,1-2H3. The van der Waals surface area contributed by atoms with Gasteiger partial charge in [-0.25, -0.2) is 0 Å². The topological polar surface area (TPSA) is 41.6 Å². The van der Waals surface area contributed by atoms with Crippen LogP contribution in [0.4, 0.5) is 0 Å². The molecule has 0 aromatic heterocycles. The van der Waals surface area contributed by atoms with Crippen molar-refractivity contribution in [3.63, 3.8) is 0 Å². The SMILES string of the molecule is CCN1CCC(NC2CCCCC2)(C(=O)OC)CC1. The van der Waals surface area contributed by atoms with Crippen molar-refractivity contribution >= 4 is 5.97 Å². The number of nitrogens with zero attached hydrogens (tertiary/aromatic N) is 1. The molecule has 0 amide bonds. The molecule has 0 aromatic rings. The first kappa shape index (κ1) is 14.8. The lowest BCUT2D eigenvalue weighted by atomic mass is 9.84. The van der Waals surface area contributed by atoms with Crippen LogP contribution < -0.4 is 5.32 Å². The Kier molecular flexibility index (Phi) is 5.22. The molecule has 4 heteroatoms. The minimum atomic E-state index is -0.428. The number of ether oxygens (including phenoxy) is 1. The molecule has 1 aliphatic heterocycles. The number of carbonyl (C=O) groups excluding carboxylic acids is 1. The molecule has 0 radical (unpaired) electrons. The van der Waals surface area contributed by atoms with Crippen LogP contribution in [-0.4, -0.2) is 49.2 Å². The minimum Gasteiger partial charge on any atom is -0.468 e. The summed E-state index contributed by atoms with van der Waals surface area (Å²) in [4.78, 5) is 14.7. The highest BCUT2D eigenvalue weighted by Crippen LogP contribution is 2.27. The predicted octanol–water partition coefficient (Wildman–Crippen LogP) is 1.94. The van der Waals surface area contributed by atoms with E-state index in [1.807, 2.05) is 0 Å². The molecule has 2 rings (SSSR count). The fourth-order valence-corrected chi connectivity index (χ4v) is 3.49. The van der Waals surface area contributed by atoms with Gasteiger partial charge in [-0.2, -0.15) is 0 Å². The first-order chi connectivity index (χ1) is 9.20. The van der Waals surface area contributed by atoms with E-state index < -0.39 is 5.54 Å². The maximum atomic E-state index is 12.3. The summed E-state index contributed by atoms with van der Waals surface area (Å²) in [5.74, 6) is -0.0613. The molecule has 0 aromatic carbocycles. The number of hydrogen-bond acceptors (Lipinski definition) is 4. The molecule has 110 valence electrons. The number of nitrogens with one attached hydrogen (secondary N) is 1. The average Bonchev–Trinajstić information content (AvgIpc) is 2.48. The molecule has 0 bridgehead atoms. The van der Waals surface area contributed by atoms with Crippen LogP contribution in [0.3, 0.4) is 0 Å². The number of methoxy groups -OCH3 is 1. The van der Waals surface area contributed by atoms with Crippen LogP contribution in [0.15, 0.2) is 0 Å².